The predicted molar refractivity (Wildman–Crippen MR) is 139 cm³/mol. The van der Waals surface area contributed by atoms with Crippen LogP contribution in [0.25, 0.3) is 0 Å². The van der Waals surface area contributed by atoms with Crippen LogP contribution in [-0.2, 0) is 14.2 Å². The van der Waals surface area contributed by atoms with Crippen molar-refractivity contribution >= 4 is 0 Å². The first-order valence-corrected chi connectivity index (χ1v) is 13.6. The van der Waals surface area contributed by atoms with Crippen molar-refractivity contribution in [2.24, 2.45) is 23.7 Å². The minimum absolute atomic E-state index is 0.701. The summed E-state index contributed by atoms with van der Waals surface area (Å²) in [4.78, 5) is 0. The van der Waals surface area contributed by atoms with E-state index >= 15 is 0 Å². The molecule has 0 saturated carbocycles. The Balaban J connectivity index is 3.31. The Hall–Kier alpha value is -0.200. The minimum Gasteiger partial charge on any atom is -0.381 e. The third-order valence-electron chi connectivity index (χ3n) is 5.61. The first kappa shape index (κ1) is 31.8. The Bertz CT molecular complexity index is 367. The quantitative estimate of drug-likeness (QED) is 0.176. The molecule has 0 aromatic rings. The Kier molecular flexibility index (Phi) is 23.8. The van der Waals surface area contributed by atoms with E-state index in [1.807, 2.05) is 0 Å². The largest absolute Gasteiger partial charge is 0.381 e. The highest BCUT2D eigenvalue weighted by Gasteiger charge is 2.08. The average molecular weight is 459 g/mol. The fourth-order valence-corrected chi connectivity index (χ4v) is 3.69. The average Bonchev–Trinajstić information content (AvgIpc) is 2.72. The summed E-state index contributed by atoms with van der Waals surface area (Å²) in [6.45, 7) is 22.7. The molecule has 194 valence electrons. The lowest BCUT2D eigenvalue weighted by Crippen LogP contribution is -2.26. The van der Waals surface area contributed by atoms with E-state index in [4.69, 9.17) is 14.2 Å². The summed E-state index contributed by atoms with van der Waals surface area (Å²) >= 11 is 0. The van der Waals surface area contributed by atoms with Gasteiger partial charge in [-0.2, -0.15) is 0 Å². The summed E-state index contributed by atoms with van der Waals surface area (Å²) in [5.74, 6) is 2.96. The number of rotatable bonds is 25. The van der Waals surface area contributed by atoms with Crippen molar-refractivity contribution in [2.45, 2.75) is 86.5 Å². The van der Waals surface area contributed by atoms with Gasteiger partial charge in [0.05, 0.1) is 19.8 Å². The Labute approximate surface area is 201 Å². The molecule has 0 fully saturated rings. The van der Waals surface area contributed by atoms with E-state index in [9.17, 15) is 0 Å². The van der Waals surface area contributed by atoms with Gasteiger partial charge in [0, 0.05) is 26.4 Å². The summed E-state index contributed by atoms with van der Waals surface area (Å²) in [5.41, 5.74) is 0. The standard InChI is InChI=1S/C27H58N2O3/c1-24(2)12-17-31-19-20-32-18-14-29-23-27(6)21-26(5)11-8-7-9-15-30-16-10-13-28-22-25(3)4/h24-29H,7-23H2,1-6H3. The molecule has 0 aromatic carbocycles. The van der Waals surface area contributed by atoms with E-state index in [0.29, 0.717) is 19.1 Å². The van der Waals surface area contributed by atoms with Gasteiger partial charge in [-0.15, -0.1) is 0 Å². The predicted octanol–water partition coefficient (Wildman–Crippen LogP) is 5.53. The van der Waals surface area contributed by atoms with Crippen molar-refractivity contribution < 1.29 is 14.2 Å². The van der Waals surface area contributed by atoms with Crippen LogP contribution < -0.4 is 10.6 Å². The molecule has 0 aromatic heterocycles. The van der Waals surface area contributed by atoms with Crippen LogP contribution in [-0.4, -0.2) is 65.8 Å². The molecule has 0 amide bonds. The summed E-state index contributed by atoms with van der Waals surface area (Å²) in [5, 5.41) is 7.00. The van der Waals surface area contributed by atoms with Gasteiger partial charge in [0.2, 0.25) is 0 Å². The van der Waals surface area contributed by atoms with Crippen LogP contribution in [0.15, 0.2) is 0 Å². The van der Waals surface area contributed by atoms with Gasteiger partial charge in [-0.05, 0) is 69.0 Å². The molecule has 0 rings (SSSR count). The van der Waals surface area contributed by atoms with Gasteiger partial charge >= 0.3 is 0 Å². The van der Waals surface area contributed by atoms with Crippen molar-refractivity contribution in [3.05, 3.63) is 0 Å². The number of hydrogen-bond acceptors (Lipinski definition) is 5. The van der Waals surface area contributed by atoms with Gasteiger partial charge in [-0.1, -0.05) is 60.8 Å². The van der Waals surface area contributed by atoms with E-state index in [1.165, 1.54) is 32.1 Å². The van der Waals surface area contributed by atoms with Gasteiger partial charge in [0.15, 0.2) is 0 Å². The maximum atomic E-state index is 5.75. The third kappa shape index (κ3) is 26.1. The molecule has 0 aliphatic carbocycles. The van der Waals surface area contributed by atoms with Crippen LogP contribution in [0, 0.1) is 23.7 Å². The van der Waals surface area contributed by atoms with Crippen molar-refractivity contribution in [3.63, 3.8) is 0 Å². The molecule has 0 saturated heterocycles. The van der Waals surface area contributed by atoms with E-state index in [-0.39, 0.29) is 0 Å². The number of hydrogen-bond donors (Lipinski definition) is 2. The van der Waals surface area contributed by atoms with E-state index in [1.54, 1.807) is 0 Å². The minimum atomic E-state index is 0.701. The molecule has 2 unspecified atom stereocenters. The van der Waals surface area contributed by atoms with Gasteiger partial charge in [-0.25, -0.2) is 0 Å². The van der Waals surface area contributed by atoms with Gasteiger partial charge in [-0.3, -0.25) is 0 Å². The molecule has 5 heteroatoms. The fraction of sp³-hybridized carbons (Fsp3) is 1.00. The highest BCUT2D eigenvalue weighted by Crippen LogP contribution is 2.18. The second kappa shape index (κ2) is 23.9. The second-order valence-electron chi connectivity index (χ2n) is 10.5. The van der Waals surface area contributed by atoms with Gasteiger partial charge in [0.1, 0.15) is 0 Å². The van der Waals surface area contributed by atoms with E-state index in [0.717, 1.165) is 83.2 Å². The fourth-order valence-electron chi connectivity index (χ4n) is 3.69. The highest BCUT2D eigenvalue weighted by molar-refractivity contribution is 4.63. The maximum absolute atomic E-state index is 5.75. The molecule has 0 radical (unpaired) electrons. The zero-order valence-corrected chi connectivity index (χ0v) is 22.6. The second-order valence-corrected chi connectivity index (χ2v) is 10.5. The Morgan fingerprint density at radius 1 is 0.500 bits per heavy atom. The van der Waals surface area contributed by atoms with Gasteiger partial charge in [0.25, 0.3) is 0 Å². The molecule has 0 bridgehead atoms. The van der Waals surface area contributed by atoms with Crippen LogP contribution in [0.2, 0.25) is 0 Å². The first-order chi connectivity index (χ1) is 15.4. The zero-order chi connectivity index (χ0) is 23.9. The van der Waals surface area contributed by atoms with Crippen LogP contribution >= 0.6 is 0 Å². The summed E-state index contributed by atoms with van der Waals surface area (Å²) < 4.78 is 16.9. The number of ether oxygens (including phenoxy) is 3. The molecular weight excluding hydrogens is 400 g/mol. The molecule has 5 nitrogen and oxygen atoms in total. The summed E-state index contributed by atoms with van der Waals surface area (Å²) in [7, 11) is 0. The molecule has 0 heterocycles. The molecule has 0 spiro atoms. The Morgan fingerprint density at radius 3 is 1.88 bits per heavy atom. The van der Waals surface area contributed by atoms with Crippen molar-refractivity contribution in [3.8, 4) is 0 Å². The summed E-state index contributed by atoms with van der Waals surface area (Å²) in [6, 6.07) is 0. The lowest BCUT2D eigenvalue weighted by Gasteiger charge is -2.18. The summed E-state index contributed by atoms with van der Waals surface area (Å²) in [6.07, 6.45) is 8.71. The maximum Gasteiger partial charge on any atom is 0.0701 e. The lowest BCUT2D eigenvalue weighted by molar-refractivity contribution is 0.0448. The Morgan fingerprint density at radius 2 is 1.16 bits per heavy atom. The third-order valence-corrected chi connectivity index (χ3v) is 5.61. The van der Waals surface area contributed by atoms with Crippen LogP contribution in [0.5, 0.6) is 0 Å². The van der Waals surface area contributed by atoms with Crippen molar-refractivity contribution in [1.82, 2.24) is 10.6 Å². The van der Waals surface area contributed by atoms with E-state index in [2.05, 4.69) is 52.2 Å². The van der Waals surface area contributed by atoms with Crippen molar-refractivity contribution in [1.29, 1.82) is 0 Å². The molecule has 0 aliphatic heterocycles. The zero-order valence-electron chi connectivity index (χ0n) is 22.6. The van der Waals surface area contributed by atoms with E-state index < -0.39 is 0 Å². The molecule has 2 N–H and O–H groups in total. The number of unbranched alkanes of at least 4 members (excludes halogenated alkanes) is 2. The SMILES string of the molecule is CC(C)CCOCCOCCNCC(C)CC(C)CCCCCOCCCNCC(C)C. The topological polar surface area (TPSA) is 51.8 Å². The van der Waals surface area contributed by atoms with Crippen LogP contribution in [0.4, 0.5) is 0 Å². The van der Waals surface area contributed by atoms with Gasteiger partial charge < -0.3 is 24.8 Å². The molecule has 2 atom stereocenters. The van der Waals surface area contributed by atoms with Crippen LogP contribution in [0.1, 0.15) is 86.5 Å². The lowest BCUT2D eigenvalue weighted by atomic mass is 9.92. The smallest absolute Gasteiger partial charge is 0.0701 e. The monoisotopic (exact) mass is 458 g/mol. The molecule has 0 aliphatic rings. The van der Waals surface area contributed by atoms with Crippen molar-refractivity contribution in [2.75, 3.05) is 65.8 Å². The normalized spacial score (nSPS) is 13.9. The highest BCUT2D eigenvalue weighted by atomic mass is 16.5. The number of nitrogens with one attached hydrogen (secondary N) is 2. The first-order valence-electron chi connectivity index (χ1n) is 13.6. The molecule has 32 heavy (non-hydrogen) atoms. The van der Waals surface area contributed by atoms with Crippen LogP contribution in [0.3, 0.4) is 0 Å². The molecular formula is C27H58N2O3.